The summed E-state index contributed by atoms with van der Waals surface area (Å²) in [6.07, 6.45) is -4.37. The van der Waals surface area contributed by atoms with Gasteiger partial charge in [0.2, 0.25) is 10.0 Å². The fourth-order valence-corrected chi connectivity index (χ4v) is 4.78. The minimum atomic E-state index is -4.37. The van der Waals surface area contributed by atoms with Crippen LogP contribution in [0, 0.1) is 0 Å². The first kappa shape index (κ1) is 24.1. The van der Waals surface area contributed by atoms with Crippen LogP contribution in [0.3, 0.4) is 0 Å². The summed E-state index contributed by atoms with van der Waals surface area (Å²) in [5, 5.41) is 8.82. The third-order valence-corrected chi connectivity index (χ3v) is 6.81. The molecule has 10 heteroatoms. The highest BCUT2D eigenvalue weighted by atomic mass is 32.2. The van der Waals surface area contributed by atoms with E-state index < -0.39 is 16.3 Å². The Morgan fingerprint density at radius 2 is 1.35 bits per heavy atom. The summed E-state index contributed by atoms with van der Waals surface area (Å²) in [7, 11) is -4.06. The first-order chi connectivity index (χ1) is 16.1. The van der Waals surface area contributed by atoms with Gasteiger partial charge >= 0.3 is 6.30 Å². The summed E-state index contributed by atoms with van der Waals surface area (Å²) in [6.45, 7) is -0.0113. The summed E-state index contributed by atoms with van der Waals surface area (Å²) >= 11 is 0. The normalized spacial score (nSPS) is 15.5. The average molecular weight is 491 g/mol. The van der Waals surface area contributed by atoms with Gasteiger partial charge in [-0.2, -0.15) is 13.2 Å². The zero-order valence-electron chi connectivity index (χ0n) is 18.2. The van der Waals surface area contributed by atoms with Crippen molar-refractivity contribution in [3.05, 3.63) is 90.0 Å². The number of sulfonamides is 1. The molecule has 3 N–H and O–H groups in total. The number of nitrogens with zero attached hydrogens (tertiary/aromatic N) is 2. The molecule has 0 radical (unpaired) electrons. The molecule has 0 saturated carbocycles. The molecule has 1 saturated heterocycles. The van der Waals surface area contributed by atoms with Crippen LogP contribution in [0.2, 0.25) is 0 Å². The van der Waals surface area contributed by atoms with Crippen LogP contribution in [0.25, 0.3) is 0 Å². The molecule has 6 nitrogen and oxygen atoms in total. The van der Waals surface area contributed by atoms with E-state index >= 15 is 0 Å². The van der Waals surface area contributed by atoms with Crippen LogP contribution in [0.1, 0.15) is 17.2 Å². The maximum atomic E-state index is 13.0. The van der Waals surface area contributed by atoms with E-state index in [1.807, 2.05) is 60.7 Å². The fourth-order valence-electron chi connectivity index (χ4n) is 4.10. The SMILES string of the molecule is NS(=O)(=O)c1ccc(N2CCN(C(F)(F)F)CC2)cc1NC(c1ccccc1)c1ccccc1. The van der Waals surface area contributed by atoms with E-state index in [9.17, 15) is 21.6 Å². The lowest BCUT2D eigenvalue weighted by Gasteiger charge is -2.37. The van der Waals surface area contributed by atoms with Gasteiger partial charge in [0, 0.05) is 31.9 Å². The summed E-state index contributed by atoms with van der Waals surface area (Å²) < 4.78 is 63.7. The first-order valence-corrected chi connectivity index (χ1v) is 12.3. The molecule has 34 heavy (non-hydrogen) atoms. The molecule has 0 aliphatic carbocycles. The van der Waals surface area contributed by atoms with Crippen LogP contribution in [-0.2, 0) is 10.0 Å². The molecule has 0 aromatic heterocycles. The molecule has 1 aliphatic heterocycles. The Kier molecular flexibility index (Phi) is 6.83. The maximum absolute atomic E-state index is 13.0. The van der Waals surface area contributed by atoms with Crippen molar-refractivity contribution in [3.8, 4) is 0 Å². The smallest absolute Gasteiger partial charge is 0.373 e. The lowest BCUT2D eigenvalue weighted by molar-refractivity contribution is -0.246. The Morgan fingerprint density at radius 1 is 0.824 bits per heavy atom. The van der Waals surface area contributed by atoms with E-state index in [0.29, 0.717) is 10.6 Å². The van der Waals surface area contributed by atoms with Crippen molar-refractivity contribution in [1.29, 1.82) is 0 Å². The highest BCUT2D eigenvalue weighted by molar-refractivity contribution is 7.89. The molecule has 0 bridgehead atoms. The van der Waals surface area contributed by atoms with Gasteiger partial charge in [-0.05, 0) is 29.3 Å². The molecule has 4 rings (SSSR count). The number of anilines is 2. The number of rotatable bonds is 6. The molecule has 0 atom stereocenters. The topological polar surface area (TPSA) is 78.7 Å². The second kappa shape index (κ2) is 9.65. The van der Waals surface area contributed by atoms with Gasteiger partial charge in [0.1, 0.15) is 4.90 Å². The van der Waals surface area contributed by atoms with Crippen LogP contribution < -0.4 is 15.4 Å². The molecular formula is C24H25F3N4O2S. The quantitative estimate of drug-likeness (QED) is 0.507. The van der Waals surface area contributed by atoms with Gasteiger partial charge in [0.15, 0.2) is 0 Å². The highest BCUT2D eigenvalue weighted by Crippen LogP contribution is 2.33. The Balaban J connectivity index is 1.69. The zero-order chi connectivity index (χ0) is 24.3. The standard InChI is InChI=1S/C24H25F3N4O2S/c25-24(26,27)31-15-13-30(14-16-31)20-11-12-22(34(28,32)33)21(17-20)29-23(18-7-3-1-4-8-18)19-9-5-2-6-10-19/h1-12,17,23,29H,13-16H2,(H2,28,32,33). The van der Waals surface area contributed by atoms with E-state index in [2.05, 4.69) is 5.32 Å². The van der Waals surface area contributed by atoms with E-state index in [0.717, 1.165) is 11.1 Å². The monoisotopic (exact) mass is 490 g/mol. The van der Waals surface area contributed by atoms with Crippen molar-refractivity contribution in [3.63, 3.8) is 0 Å². The van der Waals surface area contributed by atoms with E-state index in [4.69, 9.17) is 5.14 Å². The molecule has 3 aromatic rings. The maximum Gasteiger partial charge on any atom is 0.460 e. The van der Waals surface area contributed by atoms with Crippen molar-refractivity contribution in [2.45, 2.75) is 17.2 Å². The van der Waals surface area contributed by atoms with Crippen LogP contribution >= 0.6 is 0 Å². The summed E-state index contributed by atoms with van der Waals surface area (Å²) in [4.78, 5) is 2.20. The Bertz CT molecular complexity index is 1170. The number of hydrogen-bond donors (Lipinski definition) is 2. The van der Waals surface area contributed by atoms with Crippen molar-refractivity contribution in [2.75, 3.05) is 36.4 Å². The lowest BCUT2D eigenvalue weighted by Crippen LogP contribution is -2.51. The number of piperazine rings is 1. The Labute approximate surface area is 196 Å². The molecule has 1 fully saturated rings. The minimum Gasteiger partial charge on any atom is -0.373 e. The number of primary sulfonamides is 1. The van der Waals surface area contributed by atoms with Crippen molar-refractivity contribution >= 4 is 21.4 Å². The summed E-state index contributed by atoms with van der Waals surface area (Å²) in [5.41, 5.74) is 2.74. The molecule has 180 valence electrons. The number of alkyl halides is 3. The molecule has 0 spiro atoms. The van der Waals surface area contributed by atoms with Crippen molar-refractivity contribution in [2.24, 2.45) is 5.14 Å². The zero-order valence-corrected chi connectivity index (χ0v) is 19.1. The molecule has 0 unspecified atom stereocenters. The third kappa shape index (κ3) is 5.52. The predicted molar refractivity (Wildman–Crippen MR) is 126 cm³/mol. The van der Waals surface area contributed by atoms with Crippen LogP contribution in [0.5, 0.6) is 0 Å². The third-order valence-electron chi connectivity index (χ3n) is 5.84. The molecular weight excluding hydrogens is 465 g/mol. The average Bonchev–Trinajstić information content (AvgIpc) is 2.82. The number of nitrogens with two attached hydrogens (primary N) is 1. The van der Waals surface area contributed by atoms with Crippen molar-refractivity contribution in [1.82, 2.24) is 4.90 Å². The first-order valence-electron chi connectivity index (χ1n) is 10.7. The predicted octanol–water partition coefficient (Wildman–Crippen LogP) is 4.18. The number of benzene rings is 3. The number of halogens is 3. The van der Waals surface area contributed by atoms with Gasteiger partial charge in [-0.3, -0.25) is 0 Å². The summed E-state index contributed by atoms with van der Waals surface area (Å²) in [5.74, 6) is 0. The van der Waals surface area contributed by atoms with Gasteiger partial charge in [0.25, 0.3) is 0 Å². The second-order valence-electron chi connectivity index (χ2n) is 8.07. The second-order valence-corrected chi connectivity index (χ2v) is 9.60. The van der Waals surface area contributed by atoms with Gasteiger partial charge in [-0.15, -0.1) is 0 Å². The van der Waals surface area contributed by atoms with Crippen LogP contribution in [0.4, 0.5) is 24.5 Å². The van der Waals surface area contributed by atoms with E-state index in [-0.39, 0.29) is 42.8 Å². The molecule has 1 heterocycles. The van der Waals surface area contributed by atoms with E-state index in [1.165, 1.54) is 6.07 Å². The van der Waals surface area contributed by atoms with Crippen LogP contribution in [0.15, 0.2) is 83.8 Å². The largest absolute Gasteiger partial charge is 0.460 e. The highest BCUT2D eigenvalue weighted by Gasteiger charge is 2.38. The summed E-state index contributed by atoms with van der Waals surface area (Å²) in [6, 6.07) is 23.3. The molecule has 3 aromatic carbocycles. The van der Waals surface area contributed by atoms with Gasteiger partial charge in [0.05, 0.1) is 11.7 Å². The minimum absolute atomic E-state index is 0.0814. The van der Waals surface area contributed by atoms with Gasteiger partial charge in [-0.1, -0.05) is 60.7 Å². The lowest BCUT2D eigenvalue weighted by atomic mass is 9.98. The Hall–Kier alpha value is -3.08. The number of hydrogen-bond acceptors (Lipinski definition) is 5. The van der Waals surface area contributed by atoms with Gasteiger partial charge < -0.3 is 10.2 Å². The molecule has 1 aliphatic rings. The fraction of sp³-hybridized carbons (Fsp3) is 0.250. The molecule has 0 amide bonds. The number of nitrogens with one attached hydrogen (secondary N) is 1. The Morgan fingerprint density at radius 3 is 1.82 bits per heavy atom. The van der Waals surface area contributed by atoms with Crippen LogP contribution in [-0.4, -0.2) is 45.8 Å². The van der Waals surface area contributed by atoms with Crippen molar-refractivity contribution < 1.29 is 21.6 Å². The van der Waals surface area contributed by atoms with Gasteiger partial charge in [-0.25, -0.2) is 18.5 Å². The van der Waals surface area contributed by atoms with E-state index in [1.54, 1.807) is 17.0 Å².